The van der Waals surface area contributed by atoms with Gasteiger partial charge in [-0.25, -0.2) is 26.3 Å². The van der Waals surface area contributed by atoms with Crippen LogP contribution in [0.4, 0.5) is 26.3 Å². The predicted octanol–water partition coefficient (Wildman–Crippen LogP) is 2.83. The highest BCUT2D eigenvalue weighted by Gasteiger charge is 2.56. The number of hydrogen-bond acceptors (Lipinski definition) is 1. The van der Waals surface area contributed by atoms with Crippen LogP contribution in [0.25, 0.3) is 0 Å². The van der Waals surface area contributed by atoms with Crippen LogP contribution < -0.4 is 5.73 Å². The number of hydrogen-bond donors (Lipinski definition) is 1. The summed E-state index contributed by atoms with van der Waals surface area (Å²) in [6.45, 7) is 0. The van der Waals surface area contributed by atoms with Gasteiger partial charge in [0, 0.05) is 18.4 Å². The maximum atomic E-state index is 13.3. The van der Waals surface area contributed by atoms with Gasteiger partial charge in [-0.1, -0.05) is 0 Å². The summed E-state index contributed by atoms with van der Waals surface area (Å²) in [5, 5.41) is 0. The molecule has 2 rings (SSSR count). The number of alkyl halides is 2. The fourth-order valence-corrected chi connectivity index (χ4v) is 2.00. The van der Waals surface area contributed by atoms with Gasteiger partial charge in [-0.2, -0.15) is 0 Å². The SMILES string of the molecule is NC1(c2cc(F)c(F)c(F)c2F)CC(F)(F)C1. The van der Waals surface area contributed by atoms with E-state index in [9.17, 15) is 26.3 Å². The molecule has 1 nitrogen and oxygen atoms in total. The zero-order valence-electron chi connectivity index (χ0n) is 8.34. The number of nitrogens with two attached hydrogens (primary N) is 1. The van der Waals surface area contributed by atoms with Gasteiger partial charge >= 0.3 is 0 Å². The van der Waals surface area contributed by atoms with E-state index in [1.807, 2.05) is 0 Å². The van der Waals surface area contributed by atoms with Crippen LogP contribution >= 0.6 is 0 Å². The molecule has 7 heteroatoms. The Morgan fingerprint density at radius 1 is 0.941 bits per heavy atom. The minimum atomic E-state index is -3.09. The molecule has 1 aromatic rings. The van der Waals surface area contributed by atoms with Crippen LogP contribution in [0.3, 0.4) is 0 Å². The first-order chi connectivity index (χ1) is 7.66. The Balaban J connectivity index is 2.48. The van der Waals surface area contributed by atoms with Gasteiger partial charge in [-0.15, -0.1) is 0 Å². The molecule has 1 fully saturated rings. The van der Waals surface area contributed by atoms with Crippen LogP contribution in [0.1, 0.15) is 18.4 Å². The lowest BCUT2D eigenvalue weighted by atomic mass is 9.69. The average molecular weight is 255 g/mol. The summed E-state index contributed by atoms with van der Waals surface area (Å²) in [5.41, 5.74) is 2.79. The van der Waals surface area contributed by atoms with E-state index in [1.165, 1.54) is 0 Å². The molecule has 94 valence electrons. The second-order valence-corrected chi connectivity index (χ2v) is 4.21. The van der Waals surface area contributed by atoms with Crippen molar-refractivity contribution >= 4 is 0 Å². The quantitative estimate of drug-likeness (QED) is 0.466. The van der Waals surface area contributed by atoms with Crippen molar-refractivity contribution < 1.29 is 26.3 Å². The predicted molar refractivity (Wildman–Crippen MR) is 46.3 cm³/mol. The normalized spacial score (nSPS) is 21.1. The second kappa shape index (κ2) is 3.38. The van der Waals surface area contributed by atoms with Crippen LogP contribution in [0.2, 0.25) is 0 Å². The van der Waals surface area contributed by atoms with Crippen LogP contribution in [0, 0.1) is 23.3 Å². The van der Waals surface area contributed by atoms with E-state index in [1.54, 1.807) is 0 Å². The molecule has 1 saturated carbocycles. The van der Waals surface area contributed by atoms with Crippen LogP contribution in [-0.4, -0.2) is 5.92 Å². The highest BCUT2D eigenvalue weighted by Crippen LogP contribution is 2.50. The second-order valence-electron chi connectivity index (χ2n) is 4.21. The molecule has 0 saturated heterocycles. The van der Waals surface area contributed by atoms with Crippen molar-refractivity contribution in [2.45, 2.75) is 24.3 Å². The highest BCUT2D eigenvalue weighted by molar-refractivity contribution is 5.32. The van der Waals surface area contributed by atoms with Crippen LogP contribution in [-0.2, 0) is 5.54 Å². The third kappa shape index (κ3) is 1.78. The summed E-state index contributed by atoms with van der Waals surface area (Å²) < 4.78 is 77.1. The first-order valence-electron chi connectivity index (χ1n) is 4.66. The summed E-state index contributed by atoms with van der Waals surface area (Å²) in [7, 11) is 0. The van der Waals surface area contributed by atoms with E-state index in [4.69, 9.17) is 5.73 Å². The first-order valence-corrected chi connectivity index (χ1v) is 4.66. The van der Waals surface area contributed by atoms with Crippen molar-refractivity contribution in [2.75, 3.05) is 0 Å². The molecule has 0 heterocycles. The Kier molecular flexibility index (Phi) is 2.43. The van der Waals surface area contributed by atoms with Crippen molar-refractivity contribution in [3.05, 3.63) is 34.9 Å². The van der Waals surface area contributed by atoms with E-state index >= 15 is 0 Å². The first kappa shape index (κ1) is 12.2. The van der Waals surface area contributed by atoms with E-state index in [-0.39, 0.29) is 0 Å². The molecule has 0 unspecified atom stereocenters. The minimum absolute atomic E-state index is 0.322. The molecule has 0 radical (unpaired) electrons. The zero-order valence-corrected chi connectivity index (χ0v) is 8.34. The minimum Gasteiger partial charge on any atom is -0.321 e. The highest BCUT2D eigenvalue weighted by atomic mass is 19.3. The number of halogens is 6. The van der Waals surface area contributed by atoms with Gasteiger partial charge in [0.1, 0.15) is 0 Å². The summed E-state index contributed by atoms with van der Waals surface area (Å²) in [6.07, 6.45) is -1.86. The van der Waals surface area contributed by atoms with Gasteiger partial charge in [0.2, 0.25) is 0 Å². The molecular formula is C10H7F6N. The van der Waals surface area contributed by atoms with E-state index in [2.05, 4.69) is 0 Å². The maximum absolute atomic E-state index is 13.3. The molecule has 0 amide bonds. The third-order valence-corrected chi connectivity index (χ3v) is 2.79. The third-order valence-electron chi connectivity index (χ3n) is 2.79. The average Bonchev–Trinajstić information content (AvgIpc) is 2.17. The van der Waals surface area contributed by atoms with Crippen molar-refractivity contribution in [1.29, 1.82) is 0 Å². The van der Waals surface area contributed by atoms with Crippen LogP contribution in [0.15, 0.2) is 6.07 Å². The Labute approximate surface area is 92.2 Å². The molecule has 17 heavy (non-hydrogen) atoms. The molecule has 0 bridgehead atoms. The summed E-state index contributed by atoms with van der Waals surface area (Å²) >= 11 is 0. The largest absolute Gasteiger partial charge is 0.321 e. The van der Waals surface area contributed by atoms with Gasteiger partial charge < -0.3 is 5.73 Å². The van der Waals surface area contributed by atoms with E-state index < -0.39 is 53.1 Å². The molecule has 1 aliphatic rings. The topological polar surface area (TPSA) is 26.0 Å². The van der Waals surface area contributed by atoms with Gasteiger partial charge in [-0.05, 0) is 6.07 Å². The van der Waals surface area contributed by atoms with Gasteiger partial charge in [0.05, 0.1) is 5.54 Å². The molecule has 1 aromatic carbocycles. The molecule has 0 aliphatic heterocycles. The molecule has 1 aliphatic carbocycles. The Morgan fingerprint density at radius 3 is 1.94 bits per heavy atom. The molecule has 2 N–H and O–H groups in total. The van der Waals surface area contributed by atoms with Crippen LogP contribution in [0.5, 0.6) is 0 Å². The lowest BCUT2D eigenvalue weighted by molar-refractivity contribution is -0.126. The van der Waals surface area contributed by atoms with Gasteiger partial charge in [0.25, 0.3) is 5.92 Å². The van der Waals surface area contributed by atoms with Gasteiger partial charge in [0.15, 0.2) is 23.3 Å². The lowest BCUT2D eigenvalue weighted by Crippen LogP contribution is -2.56. The standard InChI is InChI=1S/C10H7F6N/c11-5-1-4(6(12)8(14)7(5)13)9(17)2-10(15,16)3-9/h1H,2-3,17H2. The number of benzene rings is 1. The Hall–Kier alpha value is -1.24. The summed E-state index contributed by atoms with van der Waals surface area (Å²) in [6, 6.07) is 0.322. The summed E-state index contributed by atoms with van der Waals surface area (Å²) in [4.78, 5) is 0. The van der Waals surface area contributed by atoms with Crippen molar-refractivity contribution in [3.63, 3.8) is 0 Å². The fourth-order valence-electron chi connectivity index (χ4n) is 2.00. The molecule has 0 atom stereocenters. The van der Waals surface area contributed by atoms with Crippen molar-refractivity contribution in [1.82, 2.24) is 0 Å². The van der Waals surface area contributed by atoms with E-state index in [0.717, 1.165) is 0 Å². The Bertz CT molecular complexity index is 476. The van der Waals surface area contributed by atoms with Crippen molar-refractivity contribution in [3.8, 4) is 0 Å². The number of rotatable bonds is 1. The zero-order chi connectivity index (χ0) is 13.0. The summed E-state index contributed by atoms with van der Waals surface area (Å²) in [5.74, 6) is -10.5. The maximum Gasteiger partial charge on any atom is 0.252 e. The molecular weight excluding hydrogens is 248 g/mol. The Morgan fingerprint density at radius 2 is 1.47 bits per heavy atom. The van der Waals surface area contributed by atoms with E-state index in [0.29, 0.717) is 6.07 Å². The fraction of sp³-hybridized carbons (Fsp3) is 0.400. The van der Waals surface area contributed by atoms with Crippen molar-refractivity contribution in [2.24, 2.45) is 5.73 Å². The molecule has 0 aromatic heterocycles. The smallest absolute Gasteiger partial charge is 0.252 e. The molecule has 0 spiro atoms. The lowest BCUT2D eigenvalue weighted by Gasteiger charge is -2.44. The monoisotopic (exact) mass is 255 g/mol. The van der Waals surface area contributed by atoms with Gasteiger partial charge in [-0.3, -0.25) is 0 Å².